The van der Waals surface area contributed by atoms with E-state index in [1.54, 1.807) is 48.5 Å². The second-order valence-electron chi connectivity index (χ2n) is 16.5. The van der Waals surface area contributed by atoms with Crippen LogP contribution in [0.15, 0.2) is 84.9 Å². The van der Waals surface area contributed by atoms with Gasteiger partial charge in [-0.2, -0.15) is 5.26 Å². The lowest BCUT2D eigenvalue weighted by molar-refractivity contribution is -0.141. The molecule has 12 N–H and O–H groups in total. The average Bonchev–Trinajstić information content (AvgIpc) is 3.33. The lowest BCUT2D eigenvalue weighted by Crippen LogP contribution is -2.56. The number of nitrogens with one attached hydrogen (secondary N) is 4. The Bertz CT molecular complexity index is 2390. The molecule has 4 bridgehead atoms. The molecule has 1 heterocycles. The summed E-state index contributed by atoms with van der Waals surface area (Å²) < 4.78 is 12.2. The van der Waals surface area contributed by atoms with Gasteiger partial charge in [0.25, 0.3) is 5.91 Å². The number of hydrogen-bond donors (Lipinski definition) is 9. The molecule has 18 nitrogen and oxygen atoms in total. The number of rotatable bonds is 19. The van der Waals surface area contributed by atoms with Crippen molar-refractivity contribution in [1.29, 1.82) is 5.26 Å². The number of nitrogens with zero attached hydrogens (tertiary/aromatic N) is 2. The van der Waals surface area contributed by atoms with Gasteiger partial charge in [0.1, 0.15) is 67.6 Å². The standard InChI is InChI=1S/C49H61N9O9/c1-29-7-10-32(11-8-29)33-12-14-34(15-13-33)46(62)56-40(6-4-5-19-50)49(65)58(3)44-35-16-18-43(67-28-37(60)26-53)39(24-35)38-22-31(9-17-42(38)66-27-36(59)25-52)23-41(47(63)54-21-20-51)57-45(61)30(2)55-48(44)64/h7-18,22,24,30,36-37,40-41,44,59-60H,4-6,19,21,23,25-28,50,52-53H2,1-3H3,(H,54,63)(H,55,64)(H,56,62)(H,57,61)/t30-,36?,37?,40-,41-,44-/m0/s1. The number of fused-ring (bicyclic) bond motifs is 5. The van der Waals surface area contributed by atoms with E-state index in [-0.39, 0.29) is 62.8 Å². The number of aliphatic hydroxyl groups excluding tert-OH is 2. The van der Waals surface area contributed by atoms with E-state index in [2.05, 4.69) is 21.3 Å². The third kappa shape index (κ3) is 13.8. The van der Waals surface area contributed by atoms with Gasteiger partial charge >= 0.3 is 0 Å². The minimum Gasteiger partial charge on any atom is -0.490 e. The molecule has 1 aliphatic heterocycles. The van der Waals surface area contributed by atoms with E-state index < -0.39 is 65.9 Å². The first-order valence-electron chi connectivity index (χ1n) is 22.2. The zero-order chi connectivity index (χ0) is 48.6. The second kappa shape index (κ2) is 24.6. The van der Waals surface area contributed by atoms with Gasteiger partial charge in [-0.15, -0.1) is 0 Å². The normalized spacial score (nSPS) is 17.3. The molecule has 0 aromatic heterocycles. The third-order valence-electron chi connectivity index (χ3n) is 11.3. The summed E-state index contributed by atoms with van der Waals surface area (Å²) in [5.74, 6) is -2.87. The quantitative estimate of drug-likeness (QED) is 0.0475. The number of ether oxygens (including phenoxy) is 2. The SMILES string of the molecule is Cc1ccc(-c2ccc(C(=O)N[C@@H](CCCCN)C(=O)N(C)[C@@H]3C(=O)N[C@@H](C)C(=O)N[C@H](C(=O)NCC#N)Cc4ccc(OCC(O)CN)c(c4)-c4cc3ccc4OCC(O)CN)cc2)cc1. The molecule has 5 rings (SSSR count). The Kier molecular flexibility index (Phi) is 18.8. The molecule has 0 saturated heterocycles. The van der Waals surface area contributed by atoms with Gasteiger partial charge in [0.05, 0.1) is 6.07 Å². The monoisotopic (exact) mass is 919 g/mol. The molecule has 0 saturated carbocycles. The zero-order valence-corrected chi connectivity index (χ0v) is 38.0. The molecule has 6 atom stereocenters. The van der Waals surface area contributed by atoms with E-state index >= 15 is 0 Å². The van der Waals surface area contributed by atoms with Crippen molar-refractivity contribution >= 4 is 29.5 Å². The van der Waals surface area contributed by atoms with Gasteiger partial charge in [-0.3, -0.25) is 24.0 Å². The van der Waals surface area contributed by atoms with E-state index in [1.165, 1.54) is 18.9 Å². The van der Waals surface area contributed by atoms with Crippen LogP contribution in [-0.4, -0.2) is 121 Å². The molecule has 356 valence electrons. The van der Waals surface area contributed by atoms with Crippen molar-refractivity contribution in [3.8, 4) is 39.8 Å². The predicted molar refractivity (Wildman–Crippen MR) is 251 cm³/mol. The van der Waals surface area contributed by atoms with Crippen LogP contribution in [0, 0.1) is 18.3 Å². The summed E-state index contributed by atoms with van der Waals surface area (Å²) in [6.07, 6.45) is -0.965. The summed E-state index contributed by atoms with van der Waals surface area (Å²) in [5, 5.41) is 40.8. The van der Waals surface area contributed by atoms with Gasteiger partial charge in [-0.05, 0) is 98.3 Å². The Hall–Kier alpha value is -6.88. The number of amides is 5. The van der Waals surface area contributed by atoms with E-state index in [0.29, 0.717) is 41.6 Å². The predicted octanol–water partition coefficient (Wildman–Crippen LogP) is 1.34. The maximum absolute atomic E-state index is 14.8. The van der Waals surface area contributed by atoms with E-state index in [4.69, 9.17) is 26.7 Å². The smallest absolute Gasteiger partial charge is 0.251 e. The first-order valence-corrected chi connectivity index (χ1v) is 22.2. The van der Waals surface area contributed by atoms with Crippen LogP contribution in [0.5, 0.6) is 11.5 Å². The molecule has 2 unspecified atom stereocenters. The van der Waals surface area contributed by atoms with Crippen molar-refractivity contribution in [3.63, 3.8) is 0 Å². The molecular formula is C49H61N9O9. The van der Waals surface area contributed by atoms with E-state index in [1.807, 2.05) is 49.4 Å². The first-order chi connectivity index (χ1) is 32.2. The highest BCUT2D eigenvalue weighted by Crippen LogP contribution is 2.40. The summed E-state index contributed by atoms with van der Waals surface area (Å²) in [6.45, 7) is 2.78. The molecule has 0 radical (unpaired) electrons. The largest absolute Gasteiger partial charge is 0.490 e. The fourth-order valence-electron chi connectivity index (χ4n) is 7.43. The molecule has 67 heavy (non-hydrogen) atoms. The summed E-state index contributed by atoms with van der Waals surface area (Å²) in [6, 6.07) is 21.5. The van der Waals surface area contributed by atoms with Crippen molar-refractivity contribution in [2.75, 3.05) is 46.4 Å². The van der Waals surface area contributed by atoms with Crippen LogP contribution in [-0.2, 0) is 25.6 Å². The molecule has 4 aromatic carbocycles. The molecule has 0 aliphatic carbocycles. The van der Waals surface area contributed by atoms with Crippen LogP contribution < -0.4 is 47.9 Å². The van der Waals surface area contributed by atoms with Crippen LogP contribution in [0.3, 0.4) is 0 Å². The van der Waals surface area contributed by atoms with Crippen LogP contribution in [0.2, 0.25) is 0 Å². The molecule has 5 amide bonds. The number of nitrogens with two attached hydrogens (primary N) is 3. The number of carbonyl (C=O) groups is 5. The maximum Gasteiger partial charge on any atom is 0.251 e. The fourth-order valence-corrected chi connectivity index (χ4v) is 7.43. The van der Waals surface area contributed by atoms with Crippen molar-refractivity contribution in [1.82, 2.24) is 26.2 Å². The highest BCUT2D eigenvalue weighted by molar-refractivity contribution is 5.99. The number of aliphatic hydroxyl groups is 2. The number of hydrogen-bond acceptors (Lipinski definition) is 13. The van der Waals surface area contributed by atoms with Crippen LogP contribution >= 0.6 is 0 Å². The lowest BCUT2D eigenvalue weighted by atomic mass is 9.93. The minimum atomic E-state index is -1.45. The van der Waals surface area contributed by atoms with Crippen molar-refractivity contribution in [2.24, 2.45) is 17.2 Å². The van der Waals surface area contributed by atoms with Crippen LogP contribution in [0.25, 0.3) is 22.3 Å². The Labute approximate surface area is 390 Å². The zero-order valence-electron chi connectivity index (χ0n) is 38.0. The highest BCUT2D eigenvalue weighted by atomic mass is 16.5. The highest BCUT2D eigenvalue weighted by Gasteiger charge is 2.36. The number of nitriles is 1. The summed E-state index contributed by atoms with van der Waals surface area (Å²) in [7, 11) is 1.42. The van der Waals surface area contributed by atoms with Crippen molar-refractivity contribution < 1.29 is 43.7 Å². The first kappa shape index (κ1) is 51.1. The number of aryl methyl sites for hydroxylation is 1. The molecular weight excluding hydrogens is 859 g/mol. The second-order valence-corrected chi connectivity index (χ2v) is 16.5. The number of benzene rings is 4. The summed E-state index contributed by atoms with van der Waals surface area (Å²) in [4.78, 5) is 71.8. The number of likely N-dealkylation sites (N-methyl/N-ethyl adjacent to an activating group) is 1. The topological polar surface area (TPSA) is 297 Å². The Balaban J connectivity index is 1.62. The van der Waals surface area contributed by atoms with Gasteiger partial charge in [-0.25, -0.2) is 0 Å². The fraction of sp³-hybridized carbons (Fsp3) is 0.388. The lowest BCUT2D eigenvalue weighted by Gasteiger charge is -2.33. The van der Waals surface area contributed by atoms with E-state index in [0.717, 1.165) is 16.7 Å². The molecule has 18 heteroatoms. The Morgan fingerprint density at radius 1 is 0.836 bits per heavy atom. The third-order valence-corrected chi connectivity index (χ3v) is 11.3. The molecule has 1 aliphatic rings. The van der Waals surface area contributed by atoms with Crippen molar-refractivity contribution in [3.05, 3.63) is 107 Å². The van der Waals surface area contributed by atoms with Crippen LogP contribution in [0.4, 0.5) is 0 Å². The maximum atomic E-state index is 14.8. The van der Waals surface area contributed by atoms with Crippen molar-refractivity contribution in [2.45, 2.75) is 75.9 Å². The molecule has 0 fully saturated rings. The molecule has 4 aromatic rings. The van der Waals surface area contributed by atoms with Gasteiger partial charge < -0.3 is 63.1 Å². The molecule has 0 spiro atoms. The van der Waals surface area contributed by atoms with Gasteiger partial charge in [0.2, 0.25) is 23.6 Å². The van der Waals surface area contributed by atoms with Gasteiger partial charge in [-0.1, -0.05) is 54.1 Å². The Morgan fingerprint density at radius 2 is 1.43 bits per heavy atom. The number of carbonyl (C=O) groups excluding carboxylic acids is 5. The average molecular weight is 920 g/mol. The van der Waals surface area contributed by atoms with Gasteiger partial charge in [0.15, 0.2) is 0 Å². The summed E-state index contributed by atoms with van der Waals surface area (Å²) >= 11 is 0. The number of unbranched alkanes of at least 4 members (excludes halogenated alkanes) is 1. The van der Waals surface area contributed by atoms with E-state index in [9.17, 15) is 39.4 Å². The summed E-state index contributed by atoms with van der Waals surface area (Å²) in [5.41, 5.74) is 22.0. The van der Waals surface area contributed by atoms with Crippen LogP contribution in [0.1, 0.15) is 59.3 Å². The minimum absolute atomic E-state index is 0.0713. The van der Waals surface area contributed by atoms with Gasteiger partial charge in [0, 0.05) is 43.2 Å². The Morgan fingerprint density at radius 3 is 2.03 bits per heavy atom.